The molecule has 0 aromatic carbocycles. The minimum absolute atomic E-state index is 0.0346. The van der Waals surface area contributed by atoms with Crippen molar-refractivity contribution >= 4 is 39.3 Å². The number of halogens is 2. The molecule has 1 rings (SSSR count). The molecular weight excluding hydrogens is 318 g/mol. The van der Waals surface area contributed by atoms with Gasteiger partial charge in [-0.25, -0.2) is 4.98 Å². The van der Waals surface area contributed by atoms with Gasteiger partial charge in [-0.1, -0.05) is 11.6 Å². The van der Waals surface area contributed by atoms with Crippen LogP contribution in [-0.4, -0.2) is 30.0 Å². The molecule has 1 aromatic heterocycles. The van der Waals surface area contributed by atoms with Crippen LogP contribution in [0.4, 0.5) is 5.82 Å². The number of carbonyl (C=O) groups excluding carboxylic acids is 1. The summed E-state index contributed by atoms with van der Waals surface area (Å²) in [6.07, 6.45) is 1.67. The molecule has 0 aliphatic carbocycles. The number of rotatable bonds is 5. The highest BCUT2D eigenvalue weighted by molar-refractivity contribution is 9.10. The zero-order chi connectivity index (χ0) is 13.7. The van der Waals surface area contributed by atoms with Crippen LogP contribution in [-0.2, 0) is 4.79 Å². The highest BCUT2D eigenvalue weighted by atomic mass is 79.9. The maximum Gasteiger partial charge on any atom is 0.239 e. The van der Waals surface area contributed by atoms with Crippen molar-refractivity contribution in [2.24, 2.45) is 0 Å². The molecule has 6 heteroatoms. The number of hydrogen-bond acceptors (Lipinski definition) is 3. The quantitative estimate of drug-likeness (QED) is 0.900. The van der Waals surface area contributed by atoms with Crippen LogP contribution >= 0.6 is 27.5 Å². The Labute approximate surface area is 121 Å². The molecule has 1 N–H and O–H groups in total. The zero-order valence-corrected chi connectivity index (χ0v) is 13.0. The molecule has 0 aliphatic rings. The maximum absolute atomic E-state index is 11.7. The van der Waals surface area contributed by atoms with E-state index >= 15 is 0 Å². The van der Waals surface area contributed by atoms with Gasteiger partial charge in [0.05, 0.1) is 11.6 Å². The first kappa shape index (κ1) is 15.2. The van der Waals surface area contributed by atoms with Crippen LogP contribution in [0.15, 0.2) is 16.7 Å². The molecule has 0 radical (unpaired) electrons. The van der Waals surface area contributed by atoms with Crippen molar-refractivity contribution in [3.63, 3.8) is 0 Å². The predicted molar refractivity (Wildman–Crippen MR) is 78.1 cm³/mol. The van der Waals surface area contributed by atoms with E-state index in [2.05, 4.69) is 26.2 Å². The Kier molecular flexibility index (Phi) is 5.88. The van der Waals surface area contributed by atoms with Crippen LogP contribution in [0.2, 0.25) is 5.02 Å². The molecule has 0 atom stereocenters. The van der Waals surface area contributed by atoms with E-state index in [9.17, 15) is 4.79 Å². The van der Waals surface area contributed by atoms with E-state index in [1.54, 1.807) is 12.3 Å². The lowest BCUT2D eigenvalue weighted by Crippen LogP contribution is -2.40. The van der Waals surface area contributed by atoms with Gasteiger partial charge in [0, 0.05) is 23.3 Å². The summed E-state index contributed by atoms with van der Waals surface area (Å²) in [7, 11) is 0. The number of amides is 1. The molecule has 1 aromatic rings. The third-order valence-electron chi connectivity index (χ3n) is 2.25. The summed E-state index contributed by atoms with van der Waals surface area (Å²) in [4.78, 5) is 17.8. The van der Waals surface area contributed by atoms with E-state index in [1.807, 2.05) is 25.7 Å². The van der Waals surface area contributed by atoms with Crippen molar-refractivity contribution in [3.05, 3.63) is 21.8 Å². The Morgan fingerprint density at radius 3 is 2.78 bits per heavy atom. The lowest BCUT2D eigenvalue weighted by molar-refractivity contribution is -0.120. The van der Waals surface area contributed by atoms with E-state index in [0.717, 1.165) is 4.47 Å². The first-order valence-electron chi connectivity index (χ1n) is 5.79. The Balaban J connectivity index is 2.80. The predicted octanol–water partition coefficient (Wildman–Crippen LogP) is 2.85. The van der Waals surface area contributed by atoms with Crippen LogP contribution in [0.1, 0.15) is 20.8 Å². The molecule has 0 fully saturated rings. The second kappa shape index (κ2) is 6.95. The largest absolute Gasteiger partial charge is 0.352 e. The van der Waals surface area contributed by atoms with Crippen LogP contribution in [0.3, 0.4) is 0 Å². The van der Waals surface area contributed by atoms with Gasteiger partial charge in [-0.15, -0.1) is 0 Å². The Morgan fingerprint density at radius 1 is 1.61 bits per heavy atom. The van der Waals surface area contributed by atoms with Gasteiger partial charge in [0.2, 0.25) is 5.91 Å². The highest BCUT2D eigenvalue weighted by Gasteiger charge is 2.14. The molecule has 0 spiro atoms. The summed E-state index contributed by atoms with van der Waals surface area (Å²) < 4.78 is 0.818. The monoisotopic (exact) mass is 333 g/mol. The van der Waals surface area contributed by atoms with Crippen molar-refractivity contribution < 1.29 is 4.79 Å². The Hall–Kier alpha value is -0.810. The molecule has 0 bridgehead atoms. The van der Waals surface area contributed by atoms with Gasteiger partial charge in [0.25, 0.3) is 0 Å². The van der Waals surface area contributed by atoms with Crippen LogP contribution < -0.4 is 10.2 Å². The minimum atomic E-state index is -0.0346. The standard InChI is InChI=1S/C12H17BrClN3O/c1-4-17(7-11(18)16-8(2)3)12-10(14)5-9(13)6-15-12/h5-6,8H,4,7H2,1-3H3,(H,16,18). The number of hydrogen-bond donors (Lipinski definition) is 1. The molecule has 0 unspecified atom stereocenters. The molecule has 100 valence electrons. The van der Waals surface area contributed by atoms with Gasteiger partial charge in [0.1, 0.15) is 5.82 Å². The van der Waals surface area contributed by atoms with Crippen molar-refractivity contribution in [2.75, 3.05) is 18.0 Å². The third kappa shape index (κ3) is 4.46. The normalized spacial score (nSPS) is 10.6. The first-order chi connectivity index (χ1) is 8.43. The lowest BCUT2D eigenvalue weighted by Gasteiger charge is -2.23. The van der Waals surface area contributed by atoms with Crippen molar-refractivity contribution in [1.29, 1.82) is 0 Å². The van der Waals surface area contributed by atoms with Crippen molar-refractivity contribution in [1.82, 2.24) is 10.3 Å². The van der Waals surface area contributed by atoms with E-state index in [0.29, 0.717) is 17.4 Å². The fraction of sp³-hybridized carbons (Fsp3) is 0.500. The Morgan fingerprint density at radius 2 is 2.28 bits per heavy atom. The summed E-state index contributed by atoms with van der Waals surface area (Å²) in [6, 6.07) is 1.90. The van der Waals surface area contributed by atoms with Gasteiger partial charge in [-0.2, -0.15) is 0 Å². The average Bonchev–Trinajstić information content (AvgIpc) is 2.25. The van der Waals surface area contributed by atoms with Gasteiger partial charge in [-0.05, 0) is 42.8 Å². The molecule has 1 amide bonds. The van der Waals surface area contributed by atoms with Gasteiger partial charge in [-0.3, -0.25) is 4.79 Å². The molecule has 18 heavy (non-hydrogen) atoms. The SMILES string of the molecule is CCN(CC(=O)NC(C)C)c1ncc(Br)cc1Cl. The molecule has 0 aliphatic heterocycles. The van der Waals surface area contributed by atoms with Crippen LogP contribution in [0, 0.1) is 0 Å². The second-order valence-electron chi connectivity index (χ2n) is 4.20. The summed E-state index contributed by atoms with van der Waals surface area (Å²) in [5.41, 5.74) is 0. The third-order valence-corrected chi connectivity index (χ3v) is 2.97. The summed E-state index contributed by atoms with van der Waals surface area (Å²) >= 11 is 9.43. The fourth-order valence-electron chi connectivity index (χ4n) is 1.52. The number of aromatic nitrogens is 1. The summed E-state index contributed by atoms with van der Waals surface area (Å²) in [6.45, 7) is 6.74. The van der Waals surface area contributed by atoms with Crippen molar-refractivity contribution in [3.8, 4) is 0 Å². The number of likely N-dealkylation sites (N-methyl/N-ethyl adjacent to an activating group) is 1. The fourth-order valence-corrected chi connectivity index (χ4v) is 2.27. The summed E-state index contributed by atoms with van der Waals surface area (Å²) in [5.74, 6) is 0.592. The van der Waals surface area contributed by atoms with E-state index in [4.69, 9.17) is 11.6 Å². The minimum Gasteiger partial charge on any atom is -0.352 e. The lowest BCUT2D eigenvalue weighted by atomic mass is 10.3. The van der Waals surface area contributed by atoms with Gasteiger partial charge in [0.15, 0.2) is 0 Å². The van der Waals surface area contributed by atoms with Crippen LogP contribution in [0.5, 0.6) is 0 Å². The number of nitrogens with zero attached hydrogens (tertiary/aromatic N) is 2. The smallest absolute Gasteiger partial charge is 0.239 e. The van der Waals surface area contributed by atoms with Gasteiger partial charge >= 0.3 is 0 Å². The number of carbonyl (C=O) groups is 1. The summed E-state index contributed by atoms with van der Waals surface area (Å²) in [5, 5.41) is 3.38. The van der Waals surface area contributed by atoms with Gasteiger partial charge < -0.3 is 10.2 Å². The maximum atomic E-state index is 11.7. The van der Waals surface area contributed by atoms with E-state index in [-0.39, 0.29) is 18.5 Å². The zero-order valence-electron chi connectivity index (χ0n) is 10.7. The number of nitrogens with one attached hydrogen (secondary N) is 1. The average molecular weight is 335 g/mol. The number of pyridine rings is 1. The highest BCUT2D eigenvalue weighted by Crippen LogP contribution is 2.25. The first-order valence-corrected chi connectivity index (χ1v) is 6.96. The van der Waals surface area contributed by atoms with Crippen LogP contribution in [0.25, 0.3) is 0 Å². The molecule has 0 saturated heterocycles. The molecule has 1 heterocycles. The second-order valence-corrected chi connectivity index (χ2v) is 5.52. The van der Waals surface area contributed by atoms with E-state index < -0.39 is 0 Å². The molecule has 0 saturated carbocycles. The van der Waals surface area contributed by atoms with E-state index in [1.165, 1.54) is 0 Å². The van der Waals surface area contributed by atoms with Crippen molar-refractivity contribution in [2.45, 2.75) is 26.8 Å². The molecule has 4 nitrogen and oxygen atoms in total. The number of anilines is 1. The Bertz CT molecular complexity index is 426. The topological polar surface area (TPSA) is 45.2 Å². The molecular formula is C12H17BrClN3O.